The van der Waals surface area contributed by atoms with Crippen LogP contribution in [0.1, 0.15) is 60.7 Å². The molecule has 0 aromatic rings. The van der Waals surface area contributed by atoms with Gasteiger partial charge in [0.25, 0.3) is 0 Å². The second-order valence-electron chi connectivity index (χ2n) is 4.70. The van der Waals surface area contributed by atoms with E-state index in [1.165, 1.54) is 45.1 Å². The van der Waals surface area contributed by atoms with Crippen molar-refractivity contribution >= 4 is 0 Å². The smallest absolute Gasteiger partial charge is 0.00956 e. The lowest BCUT2D eigenvalue weighted by molar-refractivity contribution is 0.270. The fraction of sp³-hybridized carbons (Fsp3) is 1.00. The van der Waals surface area contributed by atoms with E-state index in [1.54, 1.807) is 0 Å². The highest BCUT2D eigenvalue weighted by Gasteiger charge is 2.41. The molecule has 1 heterocycles. The molecule has 0 radical (unpaired) electrons. The van der Waals surface area contributed by atoms with Crippen molar-refractivity contribution in [1.29, 1.82) is 0 Å². The Labute approximate surface area is 84.8 Å². The predicted octanol–water partition coefficient (Wildman–Crippen LogP) is 3.59. The molecule has 1 heteroatoms. The highest BCUT2D eigenvalue weighted by Crippen LogP contribution is 2.46. The van der Waals surface area contributed by atoms with E-state index in [0.29, 0.717) is 0 Å². The van der Waals surface area contributed by atoms with Crippen LogP contribution in [0, 0.1) is 5.41 Å². The van der Waals surface area contributed by atoms with E-state index in [4.69, 9.17) is 0 Å². The van der Waals surface area contributed by atoms with Gasteiger partial charge in [-0.05, 0) is 38.1 Å². The molecular weight excluding hydrogens is 158 g/mol. The monoisotopic (exact) mass is 185 g/mol. The van der Waals surface area contributed by atoms with Crippen LogP contribution in [-0.2, 0) is 0 Å². The minimum Gasteiger partial charge on any atom is -0.314 e. The SMILES string of the molecule is CC1NCCC12CCCC2.CCC.[HH]. The third kappa shape index (κ3) is 2.46. The summed E-state index contributed by atoms with van der Waals surface area (Å²) in [4.78, 5) is 0. The molecule has 1 atom stereocenters. The van der Waals surface area contributed by atoms with E-state index in [1.807, 2.05) is 0 Å². The highest BCUT2D eigenvalue weighted by atomic mass is 15.0. The maximum atomic E-state index is 3.55. The quantitative estimate of drug-likeness (QED) is 0.608. The van der Waals surface area contributed by atoms with Gasteiger partial charge < -0.3 is 5.32 Å². The van der Waals surface area contributed by atoms with Gasteiger partial charge in [-0.2, -0.15) is 0 Å². The van der Waals surface area contributed by atoms with E-state index in [9.17, 15) is 0 Å². The molecule has 0 amide bonds. The molecule has 0 aromatic carbocycles. The van der Waals surface area contributed by atoms with Gasteiger partial charge in [-0.1, -0.05) is 33.1 Å². The molecule has 1 N–H and O–H groups in total. The van der Waals surface area contributed by atoms with Crippen molar-refractivity contribution in [2.45, 2.75) is 65.3 Å². The van der Waals surface area contributed by atoms with Crippen LogP contribution in [0.5, 0.6) is 0 Å². The van der Waals surface area contributed by atoms with Crippen LogP contribution in [0.4, 0.5) is 0 Å². The van der Waals surface area contributed by atoms with Crippen LogP contribution >= 0.6 is 0 Å². The second-order valence-corrected chi connectivity index (χ2v) is 4.70. The second kappa shape index (κ2) is 4.99. The Hall–Kier alpha value is -0.0400. The Balaban J connectivity index is 0.000000381. The van der Waals surface area contributed by atoms with Gasteiger partial charge in [0.2, 0.25) is 0 Å². The Morgan fingerprint density at radius 1 is 1.23 bits per heavy atom. The summed E-state index contributed by atoms with van der Waals surface area (Å²) in [5, 5.41) is 3.55. The third-order valence-corrected chi connectivity index (χ3v) is 3.59. The van der Waals surface area contributed by atoms with Gasteiger partial charge in [-0.3, -0.25) is 0 Å². The topological polar surface area (TPSA) is 12.0 Å². The van der Waals surface area contributed by atoms with Crippen molar-refractivity contribution in [3.63, 3.8) is 0 Å². The highest BCUT2D eigenvalue weighted by molar-refractivity contribution is 4.97. The van der Waals surface area contributed by atoms with Crippen LogP contribution < -0.4 is 5.32 Å². The van der Waals surface area contributed by atoms with Crippen molar-refractivity contribution in [1.82, 2.24) is 5.32 Å². The Bertz CT molecular complexity index is 136. The van der Waals surface area contributed by atoms with E-state index in [0.717, 1.165) is 11.5 Å². The Kier molecular flexibility index (Phi) is 4.24. The van der Waals surface area contributed by atoms with Gasteiger partial charge in [-0.25, -0.2) is 0 Å². The van der Waals surface area contributed by atoms with Gasteiger partial charge in [0, 0.05) is 7.47 Å². The summed E-state index contributed by atoms with van der Waals surface area (Å²) < 4.78 is 0. The van der Waals surface area contributed by atoms with Crippen LogP contribution in [0.3, 0.4) is 0 Å². The first-order chi connectivity index (χ1) is 6.25. The average molecular weight is 185 g/mol. The Morgan fingerprint density at radius 3 is 2.15 bits per heavy atom. The minimum absolute atomic E-state index is 0. The van der Waals surface area contributed by atoms with Crippen LogP contribution in [-0.4, -0.2) is 12.6 Å². The molecule has 1 unspecified atom stereocenters. The predicted molar refractivity (Wildman–Crippen MR) is 61.1 cm³/mol. The van der Waals surface area contributed by atoms with Crippen LogP contribution in [0.25, 0.3) is 0 Å². The van der Waals surface area contributed by atoms with Gasteiger partial charge in [-0.15, -0.1) is 0 Å². The zero-order chi connectivity index (χ0) is 9.73. The summed E-state index contributed by atoms with van der Waals surface area (Å²) in [6.45, 7) is 7.87. The van der Waals surface area contributed by atoms with Crippen molar-refractivity contribution in [3.05, 3.63) is 0 Å². The molecule has 1 aliphatic heterocycles. The number of hydrogen-bond acceptors (Lipinski definition) is 1. The van der Waals surface area contributed by atoms with E-state index in [-0.39, 0.29) is 1.43 Å². The molecule has 80 valence electrons. The van der Waals surface area contributed by atoms with Crippen molar-refractivity contribution in [3.8, 4) is 0 Å². The summed E-state index contributed by atoms with van der Waals surface area (Å²) in [6.07, 6.45) is 8.62. The molecule has 13 heavy (non-hydrogen) atoms. The standard InChI is InChI=1S/C9H17N.C3H8.H2/c1-8-9(6-7-10-8)4-2-3-5-9;1-3-2;/h8,10H,2-7H2,1H3;3H2,1-2H3;1H. The van der Waals surface area contributed by atoms with Gasteiger partial charge >= 0.3 is 0 Å². The average Bonchev–Trinajstić information content (AvgIpc) is 2.67. The molecule has 1 saturated heterocycles. The molecule has 1 saturated carbocycles. The molecule has 1 spiro atoms. The van der Waals surface area contributed by atoms with Crippen molar-refractivity contribution < 1.29 is 1.43 Å². The zero-order valence-corrected chi connectivity index (χ0v) is 9.53. The molecule has 2 rings (SSSR count). The number of hydrogen-bond donors (Lipinski definition) is 1. The van der Waals surface area contributed by atoms with Crippen molar-refractivity contribution in [2.75, 3.05) is 6.54 Å². The van der Waals surface area contributed by atoms with E-state index in [2.05, 4.69) is 26.1 Å². The fourth-order valence-electron chi connectivity index (χ4n) is 2.73. The molecule has 0 aromatic heterocycles. The first-order valence-corrected chi connectivity index (χ1v) is 5.98. The summed E-state index contributed by atoms with van der Waals surface area (Å²) in [6, 6.07) is 0.801. The lowest BCUT2D eigenvalue weighted by Gasteiger charge is -2.27. The maximum Gasteiger partial charge on any atom is 0.00956 e. The minimum atomic E-state index is 0. The van der Waals surface area contributed by atoms with Crippen molar-refractivity contribution in [2.24, 2.45) is 5.41 Å². The summed E-state index contributed by atoms with van der Waals surface area (Å²) in [5.41, 5.74) is 0.736. The Morgan fingerprint density at radius 2 is 1.77 bits per heavy atom. The first-order valence-electron chi connectivity index (χ1n) is 5.98. The lowest BCUT2D eigenvalue weighted by Crippen LogP contribution is -2.31. The maximum absolute atomic E-state index is 3.55. The van der Waals surface area contributed by atoms with Gasteiger partial charge in [0.1, 0.15) is 0 Å². The number of nitrogens with one attached hydrogen (secondary N) is 1. The molecule has 0 bridgehead atoms. The van der Waals surface area contributed by atoms with Crippen LogP contribution in [0.15, 0.2) is 0 Å². The van der Waals surface area contributed by atoms with E-state index >= 15 is 0 Å². The zero-order valence-electron chi connectivity index (χ0n) is 9.53. The van der Waals surface area contributed by atoms with Gasteiger partial charge in [0.05, 0.1) is 0 Å². The summed E-state index contributed by atoms with van der Waals surface area (Å²) >= 11 is 0. The normalized spacial score (nSPS) is 30.2. The summed E-state index contributed by atoms with van der Waals surface area (Å²) in [5.74, 6) is 0. The van der Waals surface area contributed by atoms with E-state index < -0.39 is 0 Å². The molecule has 2 fully saturated rings. The third-order valence-electron chi connectivity index (χ3n) is 3.59. The first kappa shape index (κ1) is 11.0. The molecular formula is C12H27N. The summed E-state index contributed by atoms with van der Waals surface area (Å²) in [7, 11) is 0. The van der Waals surface area contributed by atoms with Crippen LogP contribution in [0.2, 0.25) is 0 Å². The lowest BCUT2D eigenvalue weighted by atomic mass is 9.80. The molecule has 1 aliphatic carbocycles. The largest absolute Gasteiger partial charge is 0.314 e. The molecule has 1 nitrogen and oxygen atoms in total. The van der Waals surface area contributed by atoms with Gasteiger partial charge in [0.15, 0.2) is 0 Å². The molecule has 2 aliphatic rings. The fourth-order valence-corrected chi connectivity index (χ4v) is 2.73. The number of rotatable bonds is 0.